The molecule has 0 heterocycles. The minimum absolute atomic E-state index is 0.0216. The summed E-state index contributed by atoms with van der Waals surface area (Å²) in [6.07, 6.45) is 5.32. The Morgan fingerprint density at radius 3 is 2.13 bits per heavy atom. The maximum Gasteiger partial charge on any atom is 0.416 e. The first kappa shape index (κ1) is 24.3. The van der Waals surface area contributed by atoms with Crippen molar-refractivity contribution in [2.45, 2.75) is 89.6 Å². The summed E-state index contributed by atoms with van der Waals surface area (Å²) < 4.78 is 64.1. The highest BCUT2D eigenvalue weighted by Gasteiger charge is 2.38. The van der Waals surface area contributed by atoms with Gasteiger partial charge in [0.25, 0.3) is 0 Å². The van der Waals surface area contributed by atoms with E-state index in [2.05, 4.69) is 11.7 Å². The van der Waals surface area contributed by atoms with Gasteiger partial charge in [0.1, 0.15) is 12.4 Å². The van der Waals surface area contributed by atoms with Crippen molar-refractivity contribution >= 4 is 0 Å². The normalized spacial score (nSPS) is 28.3. The zero-order valence-electron chi connectivity index (χ0n) is 18.7. The van der Waals surface area contributed by atoms with Gasteiger partial charge in [0, 0.05) is 7.11 Å². The number of benzene rings is 1. The molecule has 0 aromatic heterocycles. The van der Waals surface area contributed by atoms with Crippen molar-refractivity contribution in [1.29, 1.82) is 0 Å². The highest BCUT2D eigenvalue weighted by atomic mass is 19.4. The lowest BCUT2D eigenvalue weighted by atomic mass is 9.67. The van der Waals surface area contributed by atoms with E-state index in [-0.39, 0.29) is 11.7 Å². The third-order valence-electron chi connectivity index (χ3n) is 7.43. The van der Waals surface area contributed by atoms with Gasteiger partial charge in [-0.15, -0.1) is 0 Å². The summed E-state index contributed by atoms with van der Waals surface area (Å²) in [5.74, 6) is 2.23. The van der Waals surface area contributed by atoms with Gasteiger partial charge in [0.05, 0.1) is 5.56 Å². The van der Waals surface area contributed by atoms with Crippen molar-refractivity contribution in [1.82, 2.24) is 0 Å². The molecule has 0 spiro atoms. The van der Waals surface area contributed by atoms with Crippen molar-refractivity contribution in [2.24, 2.45) is 17.8 Å². The molecule has 6 heteroatoms. The molecule has 0 radical (unpaired) electrons. The molecule has 1 aromatic rings. The lowest BCUT2D eigenvalue weighted by Gasteiger charge is -2.38. The average molecular weight is 445 g/mol. The highest BCUT2D eigenvalue weighted by Crippen LogP contribution is 2.47. The number of rotatable bonds is 8. The van der Waals surface area contributed by atoms with Crippen LogP contribution in [-0.4, -0.2) is 20.1 Å². The monoisotopic (exact) mass is 444 g/mol. The van der Waals surface area contributed by atoms with Crippen LogP contribution in [0.2, 0.25) is 0 Å². The van der Waals surface area contributed by atoms with Crippen LogP contribution < -0.4 is 4.74 Å². The summed E-state index contributed by atoms with van der Waals surface area (Å²) in [5.41, 5.74) is -0.296. The van der Waals surface area contributed by atoms with E-state index >= 15 is 0 Å². The fraction of sp³-hybridized carbons (Fsp3) is 0.760. The van der Waals surface area contributed by atoms with E-state index < -0.39 is 24.7 Å². The Kier molecular flexibility index (Phi) is 8.65. The van der Waals surface area contributed by atoms with Crippen LogP contribution in [0, 0.1) is 17.8 Å². The van der Waals surface area contributed by atoms with E-state index in [1.807, 2.05) is 0 Å². The van der Waals surface area contributed by atoms with Gasteiger partial charge in [0.15, 0.2) is 0 Å². The second kappa shape index (κ2) is 11.0. The topological polar surface area (TPSA) is 18.5 Å². The molecular weight excluding hydrogens is 408 g/mol. The molecule has 0 saturated heterocycles. The van der Waals surface area contributed by atoms with E-state index in [9.17, 15) is 17.6 Å². The molecule has 1 atom stereocenters. The van der Waals surface area contributed by atoms with E-state index in [0.717, 1.165) is 43.6 Å². The number of ether oxygens (including phenoxy) is 2. The van der Waals surface area contributed by atoms with E-state index in [1.165, 1.54) is 57.8 Å². The molecule has 2 fully saturated rings. The Hall–Kier alpha value is -1.30. The summed E-state index contributed by atoms with van der Waals surface area (Å²) >= 11 is 0. The van der Waals surface area contributed by atoms with Crippen LogP contribution >= 0.6 is 0 Å². The predicted molar refractivity (Wildman–Crippen MR) is 114 cm³/mol. The first-order valence-corrected chi connectivity index (χ1v) is 11.8. The van der Waals surface area contributed by atoms with Crippen molar-refractivity contribution in [2.75, 3.05) is 13.7 Å². The molecule has 0 aliphatic heterocycles. The maximum absolute atomic E-state index is 13.8. The molecular formula is C25H36F4O2. The number of hydrogen-bond donors (Lipinski definition) is 0. The Morgan fingerprint density at radius 2 is 1.58 bits per heavy atom. The van der Waals surface area contributed by atoms with Crippen LogP contribution in [0.25, 0.3) is 0 Å². The van der Waals surface area contributed by atoms with Crippen LogP contribution in [0.3, 0.4) is 0 Å². The molecule has 2 nitrogen and oxygen atoms in total. The third kappa shape index (κ3) is 6.59. The van der Waals surface area contributed by atoms with Crippen LogP contribution in [0.4, 0.5) is 17.6 Å². The highest BCUT2D eigenvalue weighted by molar-refractivity contribution is 5.40. The number of methoxy groups -OCH3 is 1. The van der Waals surface area contributed by atoms with Gasteiger partial charge >= 0.3 is 6.18 Å². The van der Waals surface area contributed by atoms with Crippen molar-refractivity contribution in [3.63, 3.8) is 0 Å². The molecule has 3 rings (SSSR count). The summed E-state index contributed by atoms with van der Waals surface area (Å²) in [6.45, 7) is 1.82. The largest absolute Gasteiger partial charge is 0.488 e. The quantitative estimate of drug-likeness (QED) is 0.379. The zero-order valence-corrected chi connectivity index (χ0v) is 18.7. The second-order valence-corrected chi connectivity index (χ2v) is 9.38. The Labute approximate surface area is 183 Å². The molecule has 0 N–H and O–H groups in total. The first-order valence-electron chi connectivity index (χ1n) is 11.8. The van der Waals surface area contributed by atoms with Crippen LogP contribution in [0.15, 0.2) is 18.2 Å². The van der Waals surface area contributed by atoms with E-state index in [0.29, 0.717) is 11.5 Å². The third-order valence-corrected chi connectivity index (χ3v) is 7.43. The maximum atomic E-state index is 13.8. The molecule has 176 valence electrons. The van der Waals surface area contributed by atoms with Crippen molar-refractivity contribution in [3.05, 3.63) is 29.3 Å². The lowest BCUT2D eigenvalue weighted by molar-refractivity contribution is -0.138. The fourth-order valence-electron chi connectivity index (χ4n) is 5.71. The molecule has 1 aromatic carbocycles. The van der Waals surface area contributed by atoms with Gasteiger partial charge in [0.2, 0.25) is 6.36 Å². The Morgan fingerprint density at radius 1 is 0.968 bits per heavy atom. The second-order valence-electron chi connectivity index (χ2n) is 9.38. The predicted octanol–water partition coefficient (Wildman–Crippen LogP) is 7.91. The van der Waals surface area contributed by atoms with Gasteiger partial charge in [-0.3, -0.25) is 0 Å². The Balaban J connectivity index is 1.61. The van der Waals surface area contributed by atoms with Gasteiger partial charge < -0.3 is 9.47 Å². The summed E-state index contributed by atoms with van der Waals surface area (Å²) in [7, 11) is 1.19. The summed E-state index contributed by atoms with van der Waals surface area (Å²) in [6, 6.07) is 4.06. The minimum atomic E-state index is -4.46. The summed E-state index contributed by atoms with van der Waals surface area (Å²) in [5, 5.41) is 0. The molecule has 0 bridgehead atoms. The smallest absolute Gasteiger partial charge is 0.416 e. The fourth-order valence-corrected chi connectivity index (χ4v) is 5.71. The molecule has 31 heavy (non-hydrogen) atoms. The standard InChI is InChI=1S/C25H36F4O2/c1-3-4-17-5-7-18(8-6-17)19-9-11-20(12-10-19)22-14-13-21(31-16-24(26)30-2)15-23(22)25(27,28)29/h13-15,17-20,24H,3-12,16H2,1-2H3. The van der Waals surface area contributed by atoms with Gasteiger partial charge in [-0.05, 0) is 79.9 Å². The summed E-state index contributed by atoms with van der Waals surface area (Å²) in [4.78, 5) is 0. The molecule has 2 saturated carbocycles. The molecule has 2 aliphatic rings. The van der Waals surface area contributed by atoms with Crippen LogP contribution in [0.1, 0.15) is 88.2 Å². The van der Waals surface area contributed by atoms with Crippen molar-refractivity contribution in [3.8, 4) is 5.75 Å². The molecule has 0 amide bonds. The van der Waals surface area contributed by atoms with E-state index in [4.69, 9.17) is 4.74 Å². The number of halogens is 4. The van der Waals surface area contributed by atoms with Crippen LogP contribution in [-0.2, 0) is 10.9 Å². The number of alkyl halides is 4. The SMILES string of the molecule is CCCC1CCC(C2CCC(c3ccc(OCC(F)OC)cc3C(F)(F)F)CC2)CC1. The molecule has 1 unspecified atom stereocenters. The van der Waals surface area contributed by atoms with Gasteiger partial charge in [-0.2, -0.15) is 13.2 Å². The van der Waals surface area contributed by atoms with E-state index in [1.54, 1.807) is 0 Å². The molecule has 2 aliphatic carbocycles. The number of hydrogen-bond acceptors (Lipinski definition) is 2. The Bertz CT molecular complexity index is 675. The van der Waals surface area contributed by atoms with Crippen LogP contribution in [0.5, 0.6) is 5.75 Å². The first-order chi connectivity index (χ1) is 14.8. The zero-order chi connectivity index (χ0) is 22.4. The minimum Gasteiger partial charge on any atom is -0.488 e. The van der Waals surface area contributed by atoms with Crippen molar-refractivity contribution < 1.29 is 27.0 Å². The average Bonchev–Trinajstić information content (AvgIpc) is 2.77. The van der Waals surface area contributed by atoms with Gasteiger partial charge in [-0.25, -0.2) is 4.39 Å². The lowest BCUT2D eigenvalue weighted by Crippen LogP contribution is -2.26. The van der Waals surface area contributed by atoms with Gasteiger partial charge in [-0.1, -0.05) is 38.7 Å².